The van der Waals surface area contributed by atoms with Gasteiger partial charge in [-0.15, -0.1) is 0 Å². The molecule has 3 heterocycles. The molecule has 32 heavy (non-hydrogen) atoms. The Morgan fingerprint density at radius 3 is 2.62 bits per heavy atom. The number of hydrogen-bond acceptors (Lipinski definition) is 4. The van der Waals surface area contributed by atoms with Crippen LogP contribution in [0.4, 0.5) is 23.7 Å². The van der Waals surface area contributed by atoms with Gasteiger partial charge in [0.2, 0.25) is 0 Å². The van der Waals surface area contributed by atoms with Crippen LogP contribution < -0.4 is 10.6 Å². The van der Waals surface area contributed by atoms with Gasteiger partial charge in [-0.1, -0.05) is 6.07 Å². The van der Waals surface area contributed by atoms with Crippen molar-refractivity contribution in [1.82, 2.24) is 24.8 Å². The van der Waals surface area contributed by atoms with E-state index in [0.29, 0.717) is 37.3 Å². The fourth-order valence-electron chi connectivity index (χ4n) is 4.54. The maximum atomic E-state index is 12.8. The number of nitrogens with one attached hydrogen (secondary N) is 2. The van der Waals surface area contributed by atoms with Gasteiger partial charge in [0.15, 0.2) is 5.65 Å². The van der Waals surface area contributed by atoms with Crippen LogP contribution in [0.3, 0.4) is 0 Å². The van der Waals surface area contributed by atoms with Crippen molar-refractivity contribution in [3.8, 4) is 0 Å². The number of nitrogens with zero attached hydrogens (tertiary/aromatic N) is 4. The molecule has 11 heteroatoms. The number of halogens is 3. The highest BCUT2D eigenvalue weighted by molar-refractivity contribution is 5.94. The molecule has 5 rings (SSSR count). The third-order valence-electron chi connectivity index (χ3n) is 5.99. The van der Waals surface area contributed by atoms with E-state index < -0.39 is 17.8 Å². The minimum absolute atomic E-state index is 0.0277. The first-order valence-corrected chi connectivity index (χ1v) is 10.1. The van der Waals surface area contributed by atoms with Crippen molar-refractivity contribution in [2.75, 3.05) is 18.4 Å². The second kappa shape index (κ2) is 7.21. The van der Waals surface area contributed by atoms with Gasteiger partial charge in [-0.3, -0.25) is 4.79 Å². The lowest BCUT2D eigenvalue weighted by Gasteiger charge is -2.58. The molecule has 166 valence electrons. The molecule has 1 spiro atoms. The Bertz CT molecular complexity index is 1190. The summed E-state index contributed by atoms with van der Waals surface area (Å²) in [4.78, 5) is 30.9. The predicted octanol–water partition coefficient (Wildman–Crippen LogP) is 3.17. The molecule has 1 saturated heterocycles. The van der Waals surface area contributed by atoms with E-state index in [1.54, 1.807) is 29.4 Å². The third-order valence-corrected chi connectivity index (χ3v) is 5.99. The first kappa shape index (κ1) is 20.3. The fourth-order valence-corrected chi connectivity index (χ4v) is 4.54. The summed E-state index contributed by atoms with van der Waals surface area (Å²) in [5.41, 5.74) is 0.280. The van der Waals surface area contributed by atoms with Gasteiger partial charge >= 0.3 is 12.2 Å². The van der Waals surface area contributed by atoms with Gasteiger partial charge in [0.05, 0.1) is 11.8 Å². The molecular weight excluding hydrogens is 425 g/mol. The second-order valence-electron chi connectivity index (χ2n) is 8.37. The van der Waals surface area contributed by atoms with E-state index in [-0.39, 0.29) is 23.1 Å². The highest BCUT2D eigenvalue weighted by Crippen LogP contribution is 2.48. The van der Waals surface area contributed by atoms with Gasteiger partial charge in [-0.05, 0) is 37.1 Å². The van der Waals surface area contributed by atoms with Crippen molar-refractivity contribution in [2.24, 2.45) is 5.41 Å². The first-order chi connectivity index (χ1) is 15.2. The van der Waals surface area contributed by atoms with Gasteiger partial charge in [0.25, 0.3) is 5.91 Å². The van der Waals surface area contributed by atoms with Crippen molar-refractivity contribution in [3.05, 3.63) is 60.0 Å². The van der Waals surface area contributed by atoms with Crippen LogP contribution in [-0.4, -0.2) is 50.6 Å². The normalized spacial score (nSPS) is 17.7. The lowest BCUT2D eigenvalue weighted by atomic mass is 9.60. The van der Waals surface area contributed by atoms with Crippen LogP contribution in [0.5, 0.6) is 0 Å². The van der Waals surface area contributed by atoms with Gasteiger partial charge in [-0.25, -0.2) is 14.3 Å². The Labute approximate surface area is 180 Å². The number of anilines is 1. The van der Waals surface area contributed by atoms with E-state index in [2.05, 4.69) is 20.7 Å². The molecule has 2 fully saturated rings. The molecule has 1 saturated carbocycles. The molecule has 0 unspecified atom stereocenters. The van der Waals surface area contributed by atoms with Crippen molar-refractivity contribution < 1.29 is 22.8 Å². The summed E-state index contributed by atoms with van der Waals surface area (Å²) in [6, 6.07) is 7.22. The van der Waals surface area contributed by atoms with Gasteiger partial charge in [-0.2, -0.15) is 18.3 Å². The molecule has 0 radical (unpaired) electrons. The number of carbonyl (C=O) groups is 2. The molecule has 0 bridgehead atoms. The summed E-state index contributed by atoms with van der Waals surface area (Å²) in [5, 5.41) is 9.37. The number of likely N-dealkylation sites (tertiary alicyclic amines) is 1. The first-order valence-electron chi connectivity index (χ1n) is 10.1. The van der Waals surface area contributed by atoms with E-state index in [4.69, 9.17) is 0 Å². The fraction of sp³-hybridized carbons (Fsp3) is 0.333. The van der Waals surface area contributed by atoms with Gasteiger partial charge in [0, 0.05) is 42.5 Å². The number of aromatic nitrogens is 3. The average Bonchev–Trinajstić information content (AvgIpc) is 3.16. The Morgan fingerprint density at radius 2 is 1.88 bits per heavy atom. The summed E-state index contributed by atoms with van der Waals surface area (Å²) < 4.78 is 39.9. The Kier molecular flexibility index (Phi) is 4.57. The van der Waals surface area contributed by atoms with Crippen LogP contribution >= 0.6 is 0 Å². The zero-order valence-electron chi connectivity index (χ0n) is 16.8. The number of carbonyl (C=O) groups excluding carboxylic acids is 2. The Balaban J connectivity index is 1.12. The Morgan fingerprint density at radius 1 is 1.09 bits per heavy atom. The number of benzene rings is 1. The van der Waals surface area contributed by atoms with E-state index in [1.165, 1.54) is 16.6 Å². The lowest BCUT2D eigenvalue weighted by Crippen LogP contribution is -2.67. The number of urea groups is 1. The molecule has 8 nitrogen and oxygen atoms in total. The number of amides is 3. The van der Waals surface area contributed by atoms with E-state index in [1.807, 2.05) is 0 Å². The van der Waals surface area contributed by atoms with E-state index in [9.17, 15) is 22.8 Å². The molecule has 2 aliphatic rings. The minimum Gasteiger partial charge on any atom is -0.336 e. The van der Waals surface area contributed by atoms with Crippen LogP contribution in [0.1, 0.15) is 28.9 Å². The smallest absolute Gasteiger partial charge is 0.336 e. The summed E-state index contributed by atoms with van der Waals surface area (Å²) in [5.74, 6) is -0.120. The largest absolute Gasteiger partial charge is 0.416 e. The number of alkyl halides is 3. The molecule has 0 atom stereocenters. The summed E-state index contributed by atoms with van der Waals surface area (Å²) in [6.07, 6.45) is 0.109. The Hall–Kier alpha value is -3.63. The van der Waals surface area contributed by atoms with Crippen molar-refractivity contribution in [2.45, 2.75) is 25.1 Å². The number of fused-ring (bicyclic) bond motifs is 1. The minimum atomic E-state index is -4.47. The van der Waals surface area contributed by atoms with Crippen LogP contribution in [0, 0.1) is 5.41 Å². The van der Waals surface area contributed by atoms with Crippen LogP contribution in [0.25, 0.3) is 5.65 Å². The van der Waals surface area contributed by atoms with Gasteiger partial charge < -0.3 is 15.5 Å². The van der Waals surface area contributed by atoms with Crippen LogP contribution in [0.15, 0.2) is 48.8 Å². The maximum Gasteiger partial charge on any atom is 0.416 e. The van der Waals surface area contributed by atoms with Crippen LogP contribution in [-0.2, 0) is 6.18 Å². The third kappa shape index (κ3) is 3.63. The zero-order valence-corrected chi connectivity index (χ0v) is 16.8. The summed E-state index contributed by atoms with van der Waals surface area (Å²) >= 11 is 0. The standard InChI is InChI=1S/C21H19F3N6O2/c22-21(23,24)13-2-1-3-14(8-13)27-19(32)28-15-9-20(10-15)11-29(12-20)18(31)16-4-6-25-17-5-7-26-30(16)17/h1-8,15H,9-12H2,(H2,27,28,32). The number of hydrogen-bond donors (Lipinski definition) is 2. The molecule has 2 aromatic heterocycles. The monoisotopic (exact) mass is 444 g/mol. The predicted molar refractivity (Wildman–Crippen MR) is 108 cm³/mol. The highest BCUT2D eigenvalue weighted by atomic mass is 19.4. The molecule has 3 aromatic rings. The SMILES string of the molecule is O=C(Nc1cccc(C(F)(F)F)c1)NC1CC2(C1)CN(C(=O)c1ccnc3ccnn13)C2. The van der Waals surface area contributed by atoms with E-state index >= 15 is 0 Å². The molecule has 1 aromatic carbocycles. The zero-order chi connectivity index (χ0) is 22.5. The molecule has 1 aliphatic carbocycles. The lowest BCUT2D eigenvalue weighted by molar-refractivity contribution is -0.137. The van der Waals surface area contributed by atoms with Crippen molar-refractivity contribution in [1.29, 1.82) is 0 Å². The van der Waals surface area contributed by atoms with E-state index in [0.717, 1.165) is 12.1 Å². The summed E-state index contributed by atoms with van der Waals surface area (Å²) in [7, 11) is 0. The molecule has 2 N–H and O–H groups in total. The molecular formula is C21H19F3N6O2. The average molecular weight is 444 g/mol. The van der Waals surface area contributed by atoms with Gasteiger partial charge in [0.1, 0.15) is 5.69 Å². The van der Waals surface area contributed by atoms with Crippen LogP contribution in [0.2, 0.25) is 0 Å². The highest BCUT2D eigenvalue weighted by Gasteiger charge is 2.54. The second-order valence-corrected chi connectivity index (χ2v) is 8.37. The van der Waals surface area contributed by atoms with Crippen molar-refractivity contribution >= 4 is 23.3 Å². The maximum absolute atomic E-state index is 12.8. The number of rotatable bonds is 3. The summed E-state index contributed by atoms with van der Waals surface area (Å²) in [6.45, 7) is 1.18. The molecule has 1 aliphatic heterocycles. The quantitative estimate of drug-likeness (QED) is 0.649. The topological polar surface area (TPSA) is 91.6 Å². The van der Waals surface area contributed by atoms with Crippen molar-refractivity contribution in [3.63, 3.8) is 0 Å². The molecule has 3 amide bonds.